The van der Waals surface area contributed by atoms with Gasteiger partial charge in [-0.1, -0.05) is 30.3 Å². The lowest BCUT2D eigenvalue weighted by Crippen LogP contribution is -1.73. The van der Waals surface area contributed by atoms with E-state index in [1.54, 1.807) is 0 Å². The summed E-state index contributed by atoms with van der Waals surface area (Å²) < 4.78 is 4.70. The molecule has 0 saturated heterocycles. The molecule has 0 fully saturated rings. The maximum atomic E-state index is 4.20. The van der Waals surface area contributed by atoms with E-state index >= 15 is 0 Å². The van der Waals surface area contributed by atoms with E-state index in [9.17, 15) is 0 Å². The molecule has 0 amide bonds. The summed E-state index contributed by atoms with van der Waals surface area (Å²) in [7, 11) is 0. The van der Waals surface area contributed by atoms with Gasteiger partial charge in [0.05, 0.1) is 0 Å². The molecule has 2 aromatic rings. The van der Waals surface area contributed by atoms with Gasteiger partial charge in [0.25, 0.3) is 0 Å². The molecule has 1 heterocycles. The predicted octanol–water partition coefficient (Wildman–Crippen LogP) is 2.97. The topological polar surface area (TPSA) is 25.8 Å². The Morgan fingerprint density at radius 1 is 1.17 bits per heavy atom. The number of benzene rings is 1. The monoisotopic (exact) mass is 240 g/mol. The molecule has 4 heteroatoms. The molecule has 0 atom stereocenters. The van der Waals surface area contributed by atoms with Crippen LogP contribution in [0, 0.1) is 0 Å². The van der Waals surface area contributed by atoms with Crippen LogP contribution in [0.25, 0.3) is 10.6 Å². The van der Waals surface area contributed by atoms with Gasteiger partial charge < -0.3 is 0 Å². The molecule has 12 heavy (non-hydrogen) atoms. The van der Waals surface area contributed by atoms with Crippen molar-refractivity contribution in [2.75, 3.05) is 0 Å². The molecule has 0 bridgehead atoms. The van der Waals surface area contributed by atoms with Crippen molar-refractivity contribution in [2.45, 2.75) is 0 Å². The van der Waals surface area contributed by atoms with Crippen LogP contribution in [0.2, 0.25) is 0 Å². The van der Waals surface area contributed by atoms with Crippen molar-refractivity contribution in [2.24, 2.45) is 0 Å². The van der Waals surface area contributed by atoms with E-state index < -0.39 is 0 Å². The smallest absolute Gasteiger partial charge is 0.209 e. The molecular weight excluding hydrogens is 236 g/mol. The first kappa shape index (κ1) is 7.89. The molecule has 2 rings (SSSR count). The zero-order valence-corrected chi connectivity index (χ0v) is 8.47. The maximum absolute atomic E-state index is 4.20. The molecule has 2 nitrogen and oxygen atoms in total. The highest BCUT2D eigenvalue weighted by Gasteiger charge is 2.02. The van der Waals surface area contributed by atoms with E-state index in [0.717, 1.165) is 10.6 Å². The molecule has 0 N–H and O–H groups in total. The molecule has 0 spiro atoms. The Hall–Kier alpha value is -0.740. The minimum atomic E-state index is 0.659. The van der Waals surface area contributed by atoms with Crippen LogP contribution in [-0.4, -0.2) is 9.36 Å². The predicted molar refractivity (Wildman–Crippen MR) is 53.0 cm³/mol. The quantitative estimate of drug-likeness (QED) is 0.767. The Morgan fingerprint density at radius 3 is 2.50 bits per heavy atom. The number of aromatic nitrogens is 2. The van der Waals surface area contributed by atoms with Gasteiger partial charge in [-0.25, -0.2) is 4.98 Å². The molecule has 1 aromatic carbocycles. The number of rotatable bonds is 1. The lowest BCUT2D eigenvalue weighted by atomic mass is 10.2. The second-order valence-corrected chi connectivity index (χ2v) is 3.70. The van der Waals surface area contributed by atoms with Crippen LogP contribution in [0.3, 0.4) is 0 Å². The Kier molecular flexibility index (Phi) is 2.19. The van der Waals surface area contributed by atoms with Crippen molar-refractivity contribution in [3.63, 3.8) is 0 Å². The van der Waals surface area contributed by atoms with Crippen molar-refractivity contribution in [1.29, 1.82) is 0 Å². The first-order chi connectivity index (χ1) is 5.86. The number of hydrogen-bond acceptors (Lipinski definition) is 3. The van der Waals surface area contributed by atoms with E-state index in [0.29, 0.717) is 4.73 Å². The molecule has 0 aliphatic heterocycles. The minimum Gasteiger partial charge on any atom is -0.209 e. The van der Waals surface area contributed by atoms with Gasteiger partial charge in [0.1, 0.15) is 5.01 Å². The Morgan fingerprint density at radius 2 is 1.92 bits per heavy atom. The largest absolute Gasteiger partial charge is 0.209 e. The van der Waals surface area contributed by atoms with Crippen LogP contribution in [-0.2, 0) is 0 Å². The van der Waals surface area contributed by atoms with Crippen molar-refractivity contribution in [1.82, 2.24) is 9.36 Å². The summed E-state index contributed by atoms with van der Waals surface area (Å²) >= 11 is 4.61. The molecule has 0 unspecified atom stereocenters. The summed E-state index contributed by atoms with van der Waals surface area (Å²) in [6.45, 7) is 0. The summed E-state index contributed by atoms with van der Waals surface area (Å²) in [5.41, 5.74) is 1.11. The Balaban J connectivity index is 2.45. The highest BCUT2D eigenvalue weighted by atomic mass is 79.9. The Bertz CT molecular complexity index is 372. The third-order valence-electron chi connectivity index (χ3n) is 1.42. The second-order valence-electron chi connectivity index (χ2n) is 2.23. The summed E-state index contributed by atoms with van der Waals surface area (Å²) in [5, 5.41) is 0.947. The number of nitrogens with zero attached hydrogens (tertiary/aromatic N) is 2. The van der Waals surface area contributed by atoms with Gasteiger partial charge in [-0.2, -0.15) is 4.37 Å². The fourth-order valence-electron chi connectivity index (χ4n) is 0.904. The van der Waals surface area contributed by atoms with Gasteiger partial charge >= 0.3 is 0 Å². The first-order valence-corrected chi connectivity index (χ1v) is 4.97. The first-order valence-electron chi connectivity index (χ1n) is 3.41. The van der Waals surface area contributed by atoms with Gasteiger partial charge in [-0.05, 0) is 27.5 Å². The molecule has 0 radical (unpaired) electrons. The summed E-state index contributed by atoms with van der Waals surface area (Å²) in [4.78, 5) is 4.20. The van der Waals surface area contributed by atoms with Crippen molar-refractivity contribution in [3.05, 3.63) is 35.1 Å². The highest BCUT2D eigenvalue weighted by Crippen LogP contribution is 2.22. The fourth-order valence-corrected chi connectivity index (χ4v) is 1.99. The van der Waals surface area contributed by atoms with Crippen LogP contribution in [0.1, 0.15) is 0 Å². The molecule has 1 aromatic heterocycles. The van der Waals surface area contributed by atoms with Crippen molar-refractivity contribution < 1.29 is 0 Å². The molecule has 60 valence electrons. The van der Waals surface area contributed by atoms with Gasteiger partial charge in [0.2, 0.25) is 4.73 Å². The zero-order chi connectivity index (χ0) is 8.39. The van der Waals surface area contributed by atoms with E-state index in [1.807, 2.05) is 30.3 Å². The van der Waals surface area contributed by atoms with E-state index in [-0.39, 0.29) is 0 Å². The van der Waals surface area contributed by atoms with E-state index in [1.165, 1.54) is 11.5 Å². The molecular formula is C8H5BrN2S. The van der Waals surface area contributed by atoms with Gasteiger partial charge in [-0.3, -0.25) is 0 Å². The SMILES string of the molecule is Brc1nsc(-c2ccccc2)n1. The van der Waals surface area contributed by atoms with Gasteiger partial charge in [-0.15, -0.1) is 0 Å². The van der Waals surface area contributed by atoms with Crippen LogP contribution >= 0.6 is 27.5 Å². The normalized spacial score (nSPS) is 10.1. The zero-order valence-electron chi connectivity index (χ0n) is 6.07. The third-order valence-corrected chi connectivity index (χ3v) is 2.78. The van der Waals surface area contributed by atoms with Crippen LogP contribution in [0.15, 0.2) is 35.1 Å². The molecule has 0 saturated carbocycles. The van der Waals surface area contributed by atoms with E-state index in [4.69, 9.17) is 0 Å². The summed E-state index contributed by atoms with van der Waals surface area (Å²) in [6.07, 6.45) is 0. The van der Waals surface area contributed by atoms with Gasteiger partial charge in [0.15, 0.2) is 0 Å². The second kappa shape index (κ2) is 3.33. The molecule has 0 aliphatic rings. The Labute approximate surface area is 82.6 Å². The van der Waals surface area contributed by atoms with Crippen molar-refractivity contribution in [3.8, 4) is 10.6 Å². The van der Waals surface area contributed by atoms with Gasteiger partial charge in [0, 0.05) is 5.56 Å². The summed E-state index contributed by atoms with van der Waals surface area (Å²) in [5.74, 6) is 0. The average molecular weight is 241 g/mol. The highest BCUT2D eigenvalue weighted by molar-refractivity contribution is 9.10. The lowest BCUT2D eigenvalue weighted by Gasteiger charge is -1.90. The third kappa shape index (κ3) is 1.54. The summed E-state index contributed by atoms with van der Waals surface area (Å²) in [6, 6.07) is 10.0. The van der Waals surface area contributed by atoms with Crippen LogP contribution < -0.4 is 0 Å². The van der Waals surface area contributed by atoms with Crippen LogP contribution in [0.4, 0.5) is 0 Å². The number of halogens is 1. The standard InChI is InChI=1S/C8H5BrN2S/c9-8-10-7(12-11-8)6-4-2-1-3-5-6/h1-5H. The average Bonchev–Trinajstić information content (AvgIpc) is 2.54. The van der Waals surface area contributed by atoms with Crippen LogP contribution in [0.5, 0.6) is 0 Å². The number of hydrogen-bond donors (Lipinski definition) is 0. The lowest BCUT2D eigenvalue weighted by molar-refractivity contribution is 1.26. The maximum Gasteiger partial charge on any atom is 0.209 e. The van der Waals surface area contributed by atoms with Crippen molar-refractivity contribution >= 4 is 27.5 Å². The fraction of sp³-hybridized carbons (Fsp3) is 0. The van der Waals surface area contributed by atoms with E-state index in [2.05, 4.69) is 25.3 Å². The molecule has 0 aliphatic carbocycles. The minimum absolute atomic E-state index is 0.659.